The summed E-state index contributed by atoms with van der Waals surface area (Å²) in [6, 6.07) is 9.34. The van der Waals surface area contributed by atoms with E-state index in [1.54, 1.807) is 12.1 Å². The maximum atomic E-state index is 12.8. The molecule has 1 amide bonds. The van der Waals surface area contributed by atoms with Crippen LogP contribution in [0.2, 0.25) is 5.15 Å². The number of nitrogens with zero attached hydrogens (tertiary/aromatic N) is 2. The van der Waals surface area contributed by atoms with E-state index < -0.39 is 0 Å². The van der Waals surface area contributed by atoms with E-state index in [2.05, 4.69) is 4.98 Å². The topological polar surface area (TPSA) is 51.7 Å². The van der Waals surface area contributed by atoms with Crippen LogP contribution < -0.4 is 9.47 Å². The molecule has 2 aromatic rings. The van der Waals surface area contributed by atoms with E-state index in [1.807, 2.05) is 23.1 Å². The Balaban J connectivity index is 1.60. The molecular formula is C18H17ClN2O3. The standard InChI is InChI=1S/C18H17ClN2O3/c19-17-6-4-13(11-20-17)18(22)21-7-1-2-14(21)12-3-5-15-16(10-12)24-9-8-23-15/h3-6,10-11,14H,1-2,7-9H2. The van der Waals surface area contributed by atoms with Gasteiger partial charge in [0.1, 0.15) is 18.4 Å². The molecule has 1 unspecified atom stereocenters. The lowest BCUT2D eigenvalue weighted by atomic mass is 10.0. The minimum absolute atomic E-state index is 0.0171. The number of benzene rings is 1. The van der Waals surface area contributed by atoms with Gasteiger partial charge >= 0.3 is 0 Å². The summed E-state index contributed by atoms with van der Waals surface area (Å²) in [4.78, 5) is 18.7. The van der Waals surface area contributed by atoms with Crippen LogP contribution in [0.3, 0.4) is 0 Å². The highest BCUT2D eigenvalue weighted by atomic mass is 35.5. The summed E-state index contributed by atoms with van der Waals surface area (Å²) in [7, 11) is 0. The monoisotopic (exact) mass is 344 g/mol. The molecule has 1 atom stereocenters. The molecule has 5 nitrogen and oxygen atoms in total. The molecule has 2 aliphatic heterocycles. The second-order valence-corrected chi connectivity index (χ2v) is 6.32. The number of hydrogen-bond acceptors (Lipinski definition) is 4. The molecule has 0 aliphatic carbocycles. The normalized spacial score (nSPS) is 19.4. The zero-order valence-corrected chi connectivity index (χ0v) is 13.8. The summed E-state index contributed by atoms with van der Waals surface area (Å²) < 4.78 is 11.2. The molecule has 4 rings (SSSR count). The number of hydrogen-bond donors (Lipinski definition) is 0. The van der Waals surface area contributed by atoms with Crippen LogP contribution in [0.15, 0.2) is 36.5 Å². The lowest BCUT2D eigenvalue weighted by molar-refractivity contribution is 0.0734. The molecule has 1 fully saturated rings. The number of fused-ring (bicyclic) bond motifs is 1. The van der Waals surface area contributed by atoms with Crippen LogP contribution in [0.25, 0.3) is 0 Å². The number of carbonyl (C=O) groups is 1. The number of pyridine rings is 1. The van der Waals surface area contributed by atoms with Gasteiger partial charge in [-0.3, -0.25) is 4.79 Å². The van der Waals surface area contributed by atoms with Crippen molar-refractivity contribution in [3.8, 4) is 11.5 Å². The average Bonchev–Trinajstić information content (AvgIpc) is 3.11. The van der Waals surface area contributed by atoms with Crippen molar-refractivity contribution in [1.29, 1.82) is 0 Å². The molecule has 1 aromatic carbocycles. The van der Waals surface area contributed by atoms with Crippen LogP contribution >= 0.6 is 11.6 Å². The van der Waals surface area contributed by atoms with Crippen molar-refractivity contribution in [1.82, 2.24) is 9.88 Å². The van der Waals surface area contributed by atoms with E-state index in [4.69, 9.17) is 21.1 Å². The zero-order chi connectivity index (χ0) is 16.5. The van der Waals surface area contributed by atoms with Gasteiger partial charge in [0.15, 0.2) is 11.5 Å². The van der Waals surface area contributed by atoms with Gasteiger partial charge in [0, 0.05) is 12.7 Å². The minimum Gasteiger partial charge on any atom is -0.486 e. The largest absolute Gasteiger partial charge is 0.486 e. The fourth-order valence-corrected chi connectivity index (χ4v) is 3.40. The Morgan fingerprint density at radius 3 is 2.79 bits per heavy atom. The fourth-order valence-electron chi connectivity index (χ4n) is 3.29. The van der Waals surface area contributed by atoms with E-state index in [0.29, 0.717) is 23.9 Å². The molecular weight excluding hydrogens is 328 g/mol. The van der Waals surface area contributed by atoms with Crippen LogP contribution in [-0.4, -0.2) is 35.5 Å². The summed E-state index contributed by atoms with van der Waals surface area (Å²) in [5.41, 5.74) is 1.64. The highest BCUT2D eigenvalue weighted by Crippen LogP contribution is 2.38. The van der Waals surface area contributed by atoms with E-state index in [1.165, 1.54) is 6.20 Å². The average molecular weight is 345 g/mol. The van der Waals surface area contributed by atoms with E-state index in [-0.39, 0.29) is 11.9 Å². The summed E-state index contributed by atoms with van der Waals surface area (Å²) in [6.45, 7) is 1.87. The number of halogens is 1. The molecule has 6 heteroatoms. The van der Waals surface area contributed by atoms with Crippen molar-refractivity contribution in [3.63, 3.8) is 0 Å². The predicted molar refractivity (Wildman–Crippen MR) is 89.7 cm³/mol. The number of rotatable bonds is 2. The van der Waals surface area contributed by atoms with E-state index >= 15 is 0 Å². The van der Waals surface area contributed by atoms with Crippen molar-refractivity contribution < 1.29 is 14.3 Å². The molecule has 1 saturated heterocycles. The SMILES string of the molecule is O=C(c1ccc(Cl)nc1)N1CCCC1c1ccc2c(c1)OCCO2. The predicted octanol–water partition coefficient (Wildman–Crippen LogP) is 3.48. The molecule has 2 aliphatic rings. The van der Waals surface area contributed by atoms with Crippen LogP contribution in [0.4, 0.5) is 0 Å². The Morgan fingerprint density at radius 1 is 1.17 bits per heavy atom. The van der Waals surface area contributed by atoms with Crippen molar-refractivity contribution in [3.05, 3.63) is 52.8 Å². The third-order valence-electron chi connectivity index (χ3n) is 4.44. The highest BCUT2D eigenvalue weighted by molar-refractivity contribution is 6.29. The van der Waals surface area contributed by atoms with Gasteiger partial charge in [0.2, 0.25) is 0 Å². The second-order valence-electron chi connectivity index (χ2n) is 5.93. The molecule has 0 saturated carbocycles. The molecule has 0 bridgehead atoms. The smallest absolute Gasteiger partial charge is 0.255 e. The Morgan fingerprint density at radius 2 is 2.00 bits per heavy atom. The zero-order valence-electron chi connectivity index (χ0n) is 13.1. The van der Waals surface area contributed by atoms with Gasteiger partial charge in [0.25, 0.3) is 5.91 Å². The fraction of sp³-hybridized carbons (Fsp3) is 0.333. The van der Waals surface area contributed by atoms with Gasteiger partial charge in [-0.15, -0.1) is 0 Å². The third-order valence-corrected chi connectivity index (χ3v) is 4.66. The molecule has 0 N–H and O–H groups in total. The first kappa shape index (κ1) is 15.3. The molecule has 0 radical (unpaired) electrons. The maximum absolute atomic E-state index is 12.8. The van der Waals surface area contributed by atoms with Crippen molar-refractivity contribution in [2.24, 2.45) is 0 Å². The maximum Gasteiger partial charge on any atom is 0.255 e. The van der Waals surface area contributed by atoms with E-state index in [9.17, 15) is 4.79 Å². The van der Waals surface area contributed by atoms with Crippen LogP contribution in [0.1, 0.15) is 34.8 Å². The molecule has 124 valence electrons. The number of ether oxygens (including phenoxy) is 2. The van der Waals surface area contributed by atoms with Gasteiger partial charge in [-0.2, -0.15) is 0 Å². The second kappa shape index (κ2) is 6.32. The van der Waals surface area contributed by atoms with E-state index in [0.717, 1.165) is 36.4 Å². The lowest BCUT2D eigenvalue weighted by Gasteiger charge is -2.26. The number of likely N-dealkylation sites (tertiary alicyclic amines) is 1. The number of aromatic nitrogens is 1. The quantitative estimate of drug-likeness (QED) is 0.783. The summed E-state index contributed by atoms with van der Waals surface area (Å²) >= 11 is 5.81. The van der Waals surface area contributed by atoms with Gasteiger partial charge in [-0.05, 0) is 42.7 Å². The van der Waals surface area contributed by atoms with Crippen molar-refractivity contribution in [2.45, 2.75) is 18.9 Å². The van der Waals surface area contributed by atoms with Gasteiger partial charge in [0.05, 0.1) is 11.6 Å². The first-order chi connectivity index (χ1) is 11.7. The number of carbonyl (C=O) groups excluding carboxylic acids is 1. The number of amides is 1. The van der Waals surface area contributed by atoms with Gasteiger partial charge < -0.3 is 14.4 Å². The first-order valence-corrected chi connectivity index (χ1v) is 8.42. The van der Waals surface area contributed by atoms with Crippen molar-refractivity contribution >= 4 is 17.5 Å². The van der Waals surface area contributed by atoms with Crippen LogP contribution in [0.5, 0.6) is 11.5 Å². The molecule has 0 spiro atoms. The van der Waals surface area contributed by atoms with Crippen LogP contribution in [-0.2, 0) is 0 Å². The highest BCUT2D eigenvalue weighted by Gasteiger charge is 2.31. The molecule has 24 heavy (non-hydrogen) atoms. The Kier molecular flexibility index (Phi) is 4.02. The van der Waals surface area contributed by atoms with Gasteiger partial charge in [-0.1, -0.05) is 17.7 Å². The summed E-state index contributed by atoms with van der Waals surface area (Å²) in [6.07, 6.45) is 3.45. The first-order valence-electron chi connectivity index (χ1n) is 8.04. The summed E-state index contributed by atoms with van der Waals surface area (Å²) in [5, 5.41) is 0.386. The minimum atomic E-state index is -0.0171. The Labute approximate surface area is 145 Å². The van der Waals surface area contributed by atoms with Gasteiger partial charge in [-0.25, -0.2) is 4.98 Å². The lowest BCUT2D eigenvalue weighted by Crippen LogP contribution is -2.30. The van der Waals surface area contributed by atoms with Crippen LogP contribution in [0, 0.1) is 0 Å². The Bertz CT molecular complexity index is 763. The molecule has 1 aromatic heterocycles. The third kappa shape index (κ3) is 2.80. The summed E-state index contributed by atoms with van der Waals surface area (Å²) in [5.74, 6) is 1.51. The molecule has 3 heterocycles. The van der Waals surface area contributed by atoms with Crippen molar-refractivity contribution in [2.75, 3.05) is 19.8 Å². The Hall–Kier alpha value is -2.27.